The van der Waals surface area contributed by atoms with Crippen molar-refractivity contribution in [3.05, 3.63) is 50.1 Å². The second-order valence-corrected chi connectivity index (χ2v) is 14.2. The van der Waals surface area contributed by atoms with Gasteiger partial charge in [-0.3, -0.25) is 4.90 Å². The third-order valence-electron chi connectivity index (χ3n) is 12.1. The topological polar surface area (TPSA) is 6.48 Å². The van der Waals surface area contributed by atoms with Crippen LogP contribution in [0.4, 0.5) is 5.69 Å². The molecule has 2 aliphatic heterocycles. The van der Waals surface area contributed by atoms with Crippen molar-refractivity contribution in [2.45, 2.75) is 106 Å². The summed E-state index contributed by atoms with van der Waals surface area (Å²) in [5, 5.41) is 0. The lowest BCUT2D eigenvalue weighted by Crippen LogP contribution is -2.57. The molecule has 7 rings (SSSR count). The number of hydrogen-bond acceptors (Lipinski definition) is 2. The normalized spacial score (nSPS) is 41.8. The van der Waals surface area contributed by atoms with Crippen molar-refractivity contribution in [3.63, 3.8) is 0 Å². The molecule has 1 aromatic carbocycles. The second kappa shape index (κ2) is 7.75. The van der Waals surface area contributed by atoms with E-state index in [4.69, 9.17) is 0 Å². The summed E-state index contributed by atoms with van der Waals surface area (Å²) in [5.41, 5.74) is 17.3. The van der Waals surface area contributed by atoms with Crippen LogP contribution in [0.25, 0.3) is 0 Å². The zero-order valence-electron chi connectivity index (χ0n) is 24.3. The Morgan fingerprint density at radius 1 is 0.889 bits per heavy atom. The SMILES string of the molecule is CCC(C)=C1/C(=C(/C)CC(C)C)C2C3CC(C12)C1c2c(C)c4c(c(C)c2C31)N1CC(C)C(C)N(C4)C1. The van der Waals surface area contributed by atoms with E-state index in [1.807, 2.05) is 22.3 Å². The van der Waals surface area contributed by atoms with E-state index in [-0.39, 0.29) is 0 Å². The van der Waals surface area contributed by atoms with Crippen LogP contribution < -0.4 is 4.90 Å². The molecule has 0 N–H and O–H groups in total. The van der Waals surface area contributed by atoms with Crippen LogP contribution in [0.5, 0.6) is 0 Å². The maximum absolute atomic E-state index is 2.75. The van der Waals surface area contributed by atoms with E-state index in [9.17, 15) is 0 Å². The van der Waals surface area contributed by atoms with Crippen LogP contribution >= 0.6 is 0 Å². The Morgan fingerprint density at radius 2 is 1.50 bits per heavy atom. The van der Waals surface area contributed by atoms with Crippen molar-refractivity contribution in [2.24, 2.45) is 35.5 Å². The van der Waals surface area contributed by atoms with Gasteiger partial charge in [-0.2, -0.15) is 0 Å². The molecule has 2 heteroatoms. The Bertz CT molecular complexity index is 1210. The van der Waals surface area contributed by atoms with Crippen molar-refractivity contribution in [2.75, 3.05) is 18.1 Å². The van der Waals surface area contributed by atoms with Crippen LogP contribution in [0.2, 0.25) is 0 Å². The average Bonchev–Trinajstić information content (AvgIpc) is 3.23. The number of anilines is 1. The van der Waals surface area contributed by atoms with E-state index in [2.05, 4.69) is 72.1 Å². The molecule has 0 aromatic heterocycles. The number of hydrogen-bond donors (Lipinski definition) is 0. The van der Waals surface area contributed by atoms with Gasteiger partial charge in [0.05, 0.1) is 6.67 Å². The minimum atomic E-state index is 0.690. The first-order valence-corrected chi connectivity index (χ1v) is 15.2. The fraction of sp³-hybridized carbons (Fsp3) is 0.706. The van der Waals surface area contributed by atoms with Gasteiger partial charge in [0.1, 0.15) is 0 Å². The highest BCUT2D eigenvalue weighted by atomic mass is 15.4. The molecular weight excluding hydrogens is 436 g/mol. The summed E-state index contributed by atoms with van der Waals surface area (Å²) in [6.45, 7) is 25.5. The molecule has 1 aromatic rings. The molecule has 4 bridgehead atoms. The molecule has 4 aliphatic carbocycles. The van der Waals surface area contributed by atoms with E-state index in [0.717, 1.165) is 60.6 Å². The van der Waals surface area contributed by atoms with Crippen molar-refractivity contribution in [1.29, 1.82) is 0 Å². The molecule has 3 saturated carbocycles. The molecular formula is C34H48N2. The summed E-state index contributed by atoms with van der Waals surface area (Å²) in [7, 11) is 0. The van der Waals surface area contributed by atoms with Gasteiger partial charge in [0.15, 0.2) is 0 Å². The van der Waals surface area contributed by atoms with Gasteiger partial charge < -0.3 is 4.90 Å². The molecule has 0 amide bonds. The summed E-state index contributed by atoms with van der Waals surface area (Å²) < 4.78 is 0. The first-order valence-electron chi connectivity index (χ1n) is 15.2. The minimum Gasteiger partial charge on any atom is -0.358 e. The third kappa shape index (κ3) is 2.73. The van der Waals surface area contributed by atoms with Gasteiger partial charge in [0.25, 0.3) is 0 Å². The molecule has 2 heterocycles. The largest absolute Gasteiger partial charge is 0.358 e. The molecule has 194 valence electrons. The van der Waals surface area contributed by atoms with Crippen LogP contribution in [0.15, 0.2) is 22.3 Å². The van der Waals surface area contributed by atoms with Crippen LogP contribution in [0, 0.1) is 49.4 Å². The van der Waals surface area contributed by atoms with E-state index in [1.165, 1.54) is 25.8 Å². The van der Waals surface area contributed by atoms with Gasteiger partial charge in [0, 0.05) is 24.8 Å². The monoisotopic (exact) mass is 484 g/mol. The smallest absolute Gasteiger partial charge is 0.0712 e. The fourth-order valence-corrected chi connectivity index (χ4v) is 10.5. The minimum absolute atomic E-state index is 0.690. The molecule has 4 fully saturated rings. The Morgan fingerprint density at radius 3 is 2.11 bits per heavy atom. The highest BCUT2D eigenvalue weighted by Gasteiger charge is 2.69. The van der Waals surface area contributed by atoms with Gasteiger partial charge in [-0.15, -0.1) is 0 Å². The number of nitrogens with zero attached hydrogens (tertiary/aromatic N) is 2. The van der Waals surface area contributed by atoms with Gasteiger partial charge in [-0.25, -0.2) is 0 Å². The zero-order chi connectivity index (χ0) is 25.4. The van der Waals surface area contributed by atoms with Crippen LogP contribution in [-0.4, -0.2) is 24.2 Å². The van der Waals surface area contributed by atoms with Crippen molar-refractivity contribution >= 4 is 5.69 Å². The van der Waals surface area contributed by atoms with Crippen LogP contribution in [0.1, 0.15) is 107 Å². The zero-order valence-corrected chi connectivity index (χ0v) is 24.3. The lowest BCUT2D eigenvalue weighted by molar-refractivity contribution is 0.110. The predicted octanol–water partition coefficient (Wildman–Crippen LogP) is 8.09. The first-order chi connectivity index (χ1) is 17.1. The third-order valence-corrected chi connectivity index (χ3v) is 12.1. The highest BCUT2D eigenvalue weighted by molar-refractivity contribution is 5.74. The number of rotatable bonds is 3. The van der Waals surface area contributed by atoms with Crippen molar-refractivity contribution < 1.29 is 0 Å². The maximum Gasteiger partial charge on any atom is 0.0712 e. The van der Waals surface area contributed by atoms with E-state index >= 15 is 0 Å². The van der Waals surface area contributed by atoms with Crippen LogP contribution in [0.3, 0.4) is 0 Å². The van der Waals surface area contributed by atoms with Crippen LogP contribution in [-0.2, 0) is 6.54 Å². The number of fused-ring (bicyclic) bond motifs is 15. The maximum atomic E-state index is 2.75. The van der Waals surface area contributed by atoms with Crippen molar-refractivity contribution in [1.82, 2.24) is 4.90 Å². The summed E-state index contributed by atoms with van der Waals surface area (Å²) in [5.74, 6) is 6.65. The summed E-state index contributed by atoms with van der Waals surface area (Å²) in [6, 6.07) is 0.690. The van der Waals surface area contributed by atoms with Gasteiger partial charge in [-0.05, 0) is 140 Å². The molecule has 0 radical (unpaired) electrons. The molecule has 1 saturated heterocycles. The fourth-order valence-electron chi connectivity index (χ4n) is 10.5. The Labute approximate surface area is 220 Å². The van der Waals surface area contributed by atoms with E-state index in [1.54, 1.807) is 33.5 Å². The average molecular weight is 485 g/mol. The van der Waals surface area contributed by atoms with Gasteiger partial charge in [0.2, 0.25) is 0 Å². The van der Waals surface area contributed by atoms with Gasteiger partial charge in [-0.1, -0.05) is 38.8 Å². The van der Waals surface area contributed by atoms with E-state index in [0.29, 0.717) is 6.04 Å². The molecule has 9 atom stereocenters. The Hall–Kier alpha value is -1.54. The van der Waals surface area contributed by atoms with Gasteiger partial charge >= 0.3 is 0 Å². The summed E-state index contributed by atoms with van der Waals surface area (Å²) >= 11 is 0. The molecule has 9 unspecified atom stereocenters. The Kier molecular flexibility index (Phi) is 5.07. The molecule has 6 aliphatic rings. The standard InChI is InChI=1S/C34H48N2/c1-10-17(4)26-27(18(5)11-16(2)3)31-24-12-23(30(26)31)32-28-20(7)25-14-35-15-36(13-19(6)22(35)9)34(25)21(8)29(28)33(24)32/h16,19,22-24,30-33H,10-15H2,1-9H3/b26-17?,27-18+. The molecule has 0 spiro atoms. The summed E-state index contributed by atoms with van der Waals surface area (Å²) in [6.07, 6.45) is 3.97. The second-order valence-electron chi connectivity index (χ2n) is 14.2. The predicted molar refractivity (Wildman–Crippen MR) is 152 cm³/mol. The highest BCUT2D eigenvalue weighted by Crippen LogP contribution is 2.79. The number of allylic oxidation sites excluding steroid dienone is 4. The van der Waals surface area contributed by atoms with Crippen molar-refractivity contribution in [3.8, 4) is 0 Å². The van der Waals surface area contributed by atoms with E-state index < -0.39 is 0 Å². The lowest BCUT2D eigenvalue weighted by atomic mass is 9.46. The quantitative estimate of drug-likeness (QED) is 0.400. The Balaban J connectivity index is 1.33. The number of benzene rings is 1. The molecule has 2 nitrogen and oxygen atoms in total. The lowest BCUT2D eigenvalue weighted by Gasteiger charge is -2.59. The first kappa shape index (κ1) is 23.6. The molecule has 36 heavy (non-hydrogen) atoms. The summed E-state index contributed by atoms with van der Waals surface area (Å²) in [4.78, 5) is 5.50.